The number of aromatic nitrogens is 1. The summed E-state index contributed by atoms with van der Waals surface area (Å²) in [6, 6.07) is 18.1. The minimum absolute atomic E-state index is 0.0827. The van der Waals surface area contributed by atoms with Crippen molar-refractivity contribution in [2.75, 3.05) is 18.4 Å². The van der Waals surface area contributed by atoms with Crippen LogP contribution in [0.5, 0.6) is 0 Å². The van der Waals surface area contributed by atoms with Gasteiger partial charge in [-0.25, -0.2) is 8.42 Å². The highest BCUT2D eigenvalue weighted by atomic mass is 32.2. The summed E-state index contributed by atoms with van der Waals surface area (Å²) < 4.78 is 32.5. The second kappa shape index (κ2) is 9.11. The highest BCUT2D eigenvalue weighted by molar-refractivity contribution is 7.89. The Morgan fingerprint density at radius 2 is 1.73 bits per heavy atom. The van der Waals surface area contributed by atoms with Crippen molar-refractivity contribution in [3.63, 3.8) is 0 Å². The maximum absolute atomic E-state index is 12.6. The van der Waals surface area contributed by atoms with Crippen molar-refractivity contribution >= 4 is 15.9 Å². The fourth-order valence-electron chi connectivity index (χ4n) is 3.12. The molecule has 1 atom stereocenters. The molecule has 0 bridgehead atoms. The molecule has 0 aliphatic carbocycles. The van der Waals surface area contributed by atoms with Crippen LogP contribution in [0.1, 0.15) is 38.1 Å². The van der Waals surface area contributed by atoms with Crippen molar-refractivity contribution in [1.82, 2.24) is 9.29 Å². The van der Waals surface area contributed by atoms with Crippen LogP contribution >= 0.6 is 0 Å². The molecular formula is C22H24N4O3S. The molecule has 0 aliphatic heterocycles. The summed E-state index contributed by atoms with van der Waals surface area (Å²) in [5, 5.41) is 12.6. The topological polar surface area (TPSA) is 99.2 Å². The predicted molar refractivity (Wildman–Crippen MR) is 115 cm³/mol. The van der Waals surface area contributed by atoms with Crippen LogP contribution in [0.2, 0.25) is 0 Å². The molecule has 156 valence electrons. The minimum atomic E-state index is -3.54. The van der Waals surface area contributed by atoms with Crippen molar-refractivity contribution in [3.8, 4) is 17.5 Å². The smallest absolute Gasteiger partial charge is 0.243 e. The van der Waals surface area contributed by atoms with Gasteiger partial charge in [-0.15, -0.1) is 0 Å². The van der Waals surface area contributed by atoms with Crippen LogP contribution in [-0.2, 0) is 10.0 Å². The van der Waals surface area contributed by atoms with Crippen molar-refractivity contribution in [3.05, 3.63) is 65.9 Å². The quantitative estimate of drug-likeness (QED) is 0.575. The lowest BCUT2D eigenvalue weighted by Gasteiger charge is -2.18. The van der Waals surface area contributed by atoms with E-state index in [1.165, 1.54) is 16.4 Å². The number of benzene rings is 2. The Labute approximate surface area is 177 Å². The molecule has 0 saturated carbocycles. The zero-order valence-electron chi connectivity index (χ0n) is 17.2. The van der Waals surface area contributed by atoms with Crippen LogP contribution in [0.25, 0.3) is 11.5 Å². The second-order valence-electron chi connectivity index (χ2n) is 6.70. The lowest BCUT2D eigenvalue weighted by molar-refractivity contribution is 0.445. The first-order valence-electron chi connectivity index (χ1n) is 9.73. The maximum atomic E-state index is 12.6. The normalized spacial score (nSPS) is 12.5. The molecule has 1 aromatic heterocycles. The van der Waals surface area contributed by atoms with E-state index in [-0.39, 0.29) is 28.4 Å². The number of sulfonamides is 1. The van der Waals surface area contributed by atoms with Crippen LogP contribution < -0.4 is 5.32 Å². The first kappa shape index (κ1) is 21.6. The molecule has 7 nitrogen and oxygen atoms in total. The fourth-order valence-corrected chi connectivity index (χ4v) is 4.58. The standard InChI is InChI=1S/C22H24N4O3S/c1-4-26(5-2)30(27,28)19-13-11-18(12-14-19)21-25-20(15-23)22(29-21)24-16(3)17-9-7-6-8-10-17/h6-14,16,24H,4-5H2,1-3H3. The highest BCUT2D eigenvalue weighted by Gasteiger charge is 2.22. The summed E-state index contributed by atoms with van der Waals surface area (Å²) in [6.07, 6.45) is 0. The predicted octanol–water partition coefficient (Wildman–Crippen LogP) is 4.42. The first-order chi connectivity index (χ1) is 14.4. The molecule has 0 aliphatic rings. The van der Waals surface area contributed by atoms with Gasteiger partial charge >= 0.3 is 0 Å². The molecule has 0 saturated heterocycles. The molecule has 0 spiro atoms. The molecule has 2 aromatic carbocycles. The number of nitriles is 1. The second-order valence-corrected chi connectivity index (χ2v) is 8.64. The van der Waals surface area contributed by atoms with E-state index < -0.39 is 10.0 Å². The summed E-state index contributed by atoms with van der Waals surface area (Å²) in [5.74, 6) is 0.532. The lowest BCUT2D eigenvalue weighted by Crippen LogP contribution is -2.30. The molecule has 1 N–H and O–H groups in total. The number of hydrogen-bond acceptors (Lipinski definition) is 6. The van der Waals surface area contributed by atoms with E-state index in [1.807, 2.05) is 43.3 Å². The molecule has 0 fully saturated rings. The number of oxazole rings is 1. The number of hydrogen-bond donors (Lipinski definition) is 1. The largest absolute Gasteiger partial charge is 0.419 e. The summed E-state index contributed by atoms with van der Waals surface area (Å²) >= 11 is 0. The Kier molecular flexibility index (Phi) is 6.55. The van der Waals surface area contributed by atoms with E-state index in [0.717, 1.165) is 5.56 Å². The van der Waals surface area contributed by atoms with Crippen molar-refractivity contribution in [2.45, 2.75) is 31.7 Å². The van der Waals surface area contributed by atoms with Gasteiger partial charge in [-0.3, -0.25) is 0 Å². The molecular weight excluding hydrogens is 400 g/mol. The summed E-state index contributed by atoms with van der Waals surface area (Å²) in [4.78, 5) is 4.46. The molecule has 8 heteroatoms. The number of anilines is 1. The summed E-state index contributed by atoms with van der Waals surface area (Å²) in [7, 11) is -3.54. The third kappa shape index (κ3) is 4.37. The van der Waals surface area contributed by atoms with E-state index in [4.69, 9.17) is 4.42 Å². The Morgan fingerprint density at radius 1 is 1.10 bits per heavy atom. The van der Waals surface area contributed by atoms with Crippen LogP contribution in [-0.4, -0.2) is 30.8 Å². The van der Waals surface area contributed by atoms with Crippen LogP contribution in [0.3, 0.4) is 0 Å². The van der Waals surface area contributed by atoms with E-state index in [0.29, 0.717) is 18.7 Å². The van der Waals surface area contributed by atoms with E-state index in [2.05, 4.69) is 10.3 Å². The van der Waals surface area contributed by atoms with Gasteiger partial charge in [0.25, 0.3) is 0 Å². The van der Waals surface area contributed by atoms with E-state index in [9.17, 15) is 13.7 Å². The van der Waals surface area contributed by atoms with Gasteiger partial charge in [0.05, 0.1) is 10.9 Å². The SMILES string of the molecule is CCN(CC)S(=O)(=O)c1ccc(-c2nc(C#N)c(NC(C)c3ccccc3)o2)cc1. The number of nitrogens with zero attached hydrogens (tertiary/aromatic N) is 3. The van der Waals surface area contributed by atoms with Crippen molar-refractivity contribution in [2.24, 2.45) is 0 Å². The number of nitrogens with one attached hydrogen (secondary N) is 1. The summed E-state index contributed by atoms with van der Waals surface area (Å²) in [6.45, 7) is 6.37. The fraction of sp³-hybridized carbons (Fsp3) is 0.273. The first-order valence-corrected chi connectivity index (χ1v) is 11.2. The maximum Gasteiger partial charge on any atom is 0.243 e. The van der Waals surface area contributed by atoms with E-state index in [1.54, 1.807) is 26.0 Å². The third-order valence-corrected chi connectivity index (χ3v) is 6.89. The van der Waals surface area contributed by atoms with Gasteiger partial charge in [-0.1, -0.05) is 44.2 Å². The van der Waals surface area contributed by atoms with Gasteiger partial charge in [0.2, 0.25) is 27.5 Å². The Hall–Kier alpha value is -3.15. The molecule has 1 heterocycles. The lowest BCUT2D eigenvalue weighted by atomic mass is 10.1. The molecule has 0 radical (unpaired) electrons. The molecule has 0 amide bonds. The van der Waals surface area contributed by atoms with Crippen molar-refractivity contribution in [1.29, 1.82) is 5.26 Å². The van der Waals surface area contributed by atoms with Gasteiger partial charge in [-0.05, 0) is 36.8 Å². The van der Waals surface area contributed by atoms with Crippen molar-refractivity contribution < 1.29 is 12.8 Å². The average molecular weight is 425 g/mol. The van der Waals surface area contributed by atoms with Crippen LogP contribution in [0, 0.1) is 11.3 Å². The minimum Gasteiger partial charge on any atom is -0.419 e. The summed E-state index contributed by atoms with van der Waals surface area (Å²) in [5.41, 5.74) is 1.78. The third-order valence-electron chi connectivity index (χ3n) is 4.82. The van der Waals surface area contributed by atoms with Gasteiger partial charge in [0.15, 0.2) is 0 Å². The monoisotopic (exact) mass is 424 g/mol. The molecule has 1 unspecified atom stereocenters. The zero-order chi connectivity index (χ0) is 21.7. The zero-order valence-corrected chi connectivity index (χ0v) is 18.0. The van der Waals surface area contributed by atoms with Gasteiger partial charge < -0.3 is 9.73 Å². The van der Waals surface area contributed by atoms with Gasteiger partial charge in [0.1, 0.15) is 6.07 Å². The Bertz CT molecular complexity index is 1130. The Balaban J connectivity index is 1.86. The average Bonchev–Trinajstić information content (AvgIpc) is 3.18. The van der Waals surface area contributed by atoms with E-state index >= 15 is 0 Å². The Morgan fingerprint density at radius 3 is 2.30 bits per heavy atom. The molecule has 30 heavy (non-hydrogen) atoms. The van der Waals surface area contributed by atoms with Crippen LogP contribution in [0.4, 0.5) is 5.88 Å². The van der Waals surface area contributed by atoms with Gasteiger partial charge in [-0.2, -0.15) is 14.6 Å². The number of rotatable bonds is 8. The van der Waals surface area contributed by atoms with Crippen LogP contribution in [0.15, 0.2) is 63.9 Å². The van der Waals surface area contributed by atoms with Gasteiger partial charge in [0, 0.05) is 18.7 Å². The highest BCUT2D eigenvalue weighted by Crippen LogP contribution is 2.29. The molecule has 3 aromatic rings. The molecule has 3 rings (SSSR count).